The molecule has 0 aromatic carbocycles. The maximum absolute atomic E-state index is 12.1. The van der Waals surface area contributed by atoms with Gasteiger partial charge in [0.05, 0.1) is 20.2 Å². The Morgan fingerprint density at radius 3 is 2.56 bits per heavy atom. The first-order valence-electron chi connectivity index (χ1n) is 6.00. The number of hydrazine groups is 1. The molecular formula is C12H20N2O2SSi. The fourth-order valence-corrected chi connectivity index (χ4v) is 6.89. The molecule has 1 fully saturated rings. The molecule has 3 unspecified atom stereocenters. The summed E-state index contributed by atoms with van der Waals surface area (Å²) in [5.74, 6) is 5.61. The van der Waals surface area contributed by atoms with Crippen LogP contribution in [0.2, 0.25) is 19.6 Å². The van der Waals surface area contributed by atoms with Crippen LogP contribution in [0.1, 0.15) is 6.92 Å². The van der Waals surface area contributed by atoms with Crippen LogP contribution in [0.3, 0.4) is 0 Å². The number of rotatable bonds is 3. The molecule has 0 bridgehead atoms. The molecule has 0 spiro atoms. The Morgan fingerprint density at radius 2 is 2.17 bits per heavy atom. The van der Waals surface area contributed by atoms with Crippen LogP contribution in [0.4, 0.5) is 0 Å². The van der Waals surface area contributed by atoms with E-state index in [4.69, 9.17) is 5.84 Å². The summed E-state index contributed by atoms with van der Waals surface area (Å²) in [6, 6.07) is -0.228. The van der Waals surface area contributed by atoms with Gasteiger partial charge in [-0.1, -0.05) is 32.3 Å². The largest absolute Gasteiger partial charge is 0.391 e. The Morgan fingerprint density at radius 1 is 1.61 bits per heavy atom. The first kappa shape index (κ1) is 13.9. The van der Waals surface area contributed by atoms with Crippen molar-refractivity contribution < 1.29 is 9.90 Å². The van der Waals surface area contributed by atoms with E-state index in [2.05, 4.69) is 26.2 Å². The minimum Gasteiger partial charge on any atom is -0.391 e. The van der Waals surface area contributed by atoms with Crippen molar-refractivity contribution in [1.29, 1.82) is 0 Å². The van der Waals surface area contributed by atoms with E-state index in [1.54, 1.807) is 13.0 Å². The van der Waals surface area contributed by atoms with Crippen LogP contribution in [-0.4, -0.2) is 41.0 Å². The molecule has 4 nitrogen and oxygen atoms in total. The first-order chi connectivity index (χ1) is 8.17. The summed E-state index contributed by atoms with van der Waals surface area (Å²) in [5.41, 5.74) is 1.03. The first-order valence-corrected chi connectivity index (χ1v) is 10.3. The zero-order chi connectivity index (χ0) is 13.9. The highest BCUT2D eigenvalue weighted by atomic mass is 32.2. The summed E-state index contributed by atoms with van der Waals surface area (Å²) in [5, 5.41) is 11.3. The smallest absolute Gasteiger partial charge is 0.258 e. The van der Waals surface area contributed by atoms with Gasteiger partial charge in [0.1, 0.15) is 0 Å². The molecule has 18 heavy (non-hydrogen) atoms. The molecule has 2 heterocycles. The van der Waals surface area contributed by atoms with Crippen molar-refractivity contribution in [2.45, 2.75) is 43.5 Å². The van der Waals surface area contributed by atoms with Crippen molar-refractivity contribution in [3.8, 4) is 0 Å². The lowest BCUT2D eigenvalue weighted by atomic mass is 9.80. The minimum atomic E-state index is -1.58. The van der Waals surface area contributed by atoms with Crippen LogP contribution in [0.25, 0.3) is 0 Å². The van der Waals surface area contributed by atoms with Crippen LogP contribution in [0, 0.1) is 0 Å². The van der Waals surface area contributed by atoms with E-state index in [0.717, 1.165) is 5.57 Å². The number of aliphatic hydroxyl groups excluding tert-OH is 1. The predicted octanol–water partition coefficient (Wildman–Crippen LogP) is 1.25. The highest BCUT2D eigenvalue weighted by Crippen LogP contribution is 2.58. The topological polar surface area (TPSA) is 66.6 Å². The average molecular weight is 284 g/mol. The van der Waals surface area contributed by atoms with Gasteiger partial charge < -0.3 is 5.11 Å². The maximum atomic E-state index is 12.1. The number of aliphatic hydroxyl groups is 1. The van der Waals surface area contributed by atoms with E-state index in [0.29, 0.717) is 0 Å². The molecule has 2 aliphatic rings. The molecule has 2 aliphatic heterocycles. The number of fused-ring (bicyclic) bond motifs is 1. The Bertz CT molecular complexity index is 455. The normalized spacial score (nSPS) is 33.3. The van der Waals surface area contributed by atoms with Crippen molar-refractivity contribution in [1.82, 2.24) is 5.01 Å². The minimum absolute atomic E-state index is 0.180. The van der Waals surface area contributed by atoms with Crippen LogP contribution < -0.4 is 5.84 Å². The SMILES string of the molecule is C=CC1=C([Si](C)(C)C)SC2(C(C)O)C(=O)N(N)C12. The van der Waals surface area contributed by atoms with E-state index >= 15 is 0 Å². The van der Waals surface area contributed by atoms with E-state index < -0.39 is 18.9 Å². The number of amides is 1. The van der Waals surface area contributed by atoms with Gasteiger partial charge in [-0.15, -0.1) is 11.8 Å². The van der Waals surface area contributed by atoms with E-state index in [9.17, 15) is 9.90 Å². The molecule has 0 aromatic heterocycles. The Hall–Kier alpha value is -0.563. The molecule has 0 aromatic rings. The number of nitrogens with two attached hydrogens (primary N) is 1. The second-order valence-corrected chi connectivity index (χ2v) is 12.6. The molecule has 2 rings (SSSR count). The molecule has 3 atom stereocenters. The van der Waals surface area contributed by atoms with Crippen molar-refractivity contribution in [3.63, 3.8) is 0 Å². The fraction of sp³-hybridized carbons (Fsp3) is 0.583. The molecule has 6 heteroatoms. The van der Waals surface area contributed by atoms with Crippen molar-refractivity contribution in [2.75, 3.05) is 0 Å². The highest BCUT2D eigenvalue weighted by Gasteiger charge is 2.68. The molecule has 0 saturated carbocycles. The van der Waals surface area contributed by atoms with Gasteiger partial charge >= 0.3 is 0 Å². The zero-order valence-electron chi connectivity index (χ0n) is 11.2. The van der Waals surface area contributed by atoms with E-state index in [-0.39, 0.29) is 11.9 Å². The maximum Gasteiger partial charge on any atom is 0.258 e. The number of thioether (sulfide) groups is 1. The van der Waals surface area contributed by atoms with Crippen LogP contribution >= 0.6 is 11.8 Å². The van der Waals surface area contributed by atoms with Gasteiger partial charge in [-0.3, -0.25) is 9.80 Å². The Balaban J connectivity index is 2.53. The number of nitrogens with zero attached hydrogens (tertiary/aromatic N) is 1. The fourth-order valence-electron chi connectivity index (χ4n) is 2.69. The summed E-state index contributed by atoms with van der Waals surface area (Å²) in [4.78, 5) is 12.1. The molecular weight excluding hydrogens is 264 g/mol. The van der Waals surface area contributed by atoms with Gasteiger partial charge in [0, 0.05) is 0 Å². The zero-order valence-corrected chi connectivity index (χ0v) is 13.0. The van der Waals surface area contributed by atoms with E-state index in [1.165, 1.54) is 21.3 Å². The number of β-lactam (4-membered cyclic amide) rings is 1. The lowest BCUT2D eigenvalue weighted by molar-refractivity contribution is -0.155. The van der Waals surface area contributed by atoms with Gasteiger partial charge in [-0.2, -0.15) is 0 Å². The van der Waals surface area contributed by atoms with Gasteiger partial charge in [-0.05, 0) is 17.0 Å². The number of carbonyl (C=O) groups is 1. The molecule has 0 radical (unpaired) electrons. The average Bonchev–Trinajstić information content (AvgIpc) is 2.59. The summed E-state index contributed by atoms with van der Waals surface area (Å²) in [6.45, 7) is 12.2. The van der Waals surface area contributed by atoms with Gasteiger partial charge in [0.25, 0.3) is 5.91 Å². The third-order valence-corrected chi connectivity index (χ3v) is 8.91. The standard InChI is InChI=1S/C12H20N2O2SSi/c1-6-8-9-12(7(2)15,11(16)14(9)13)17-10(8)18(3,4)5/h6-7,9,15H,1,13H2,2-5H3. The molecule has 1 saturated heterocycles. The summed E-state index contributed by atoms with van der Waals surface area (Å²) in [6.07, 6.45) is 1.07. The van der Waals surface area contributed by atoms with Crippen molar-refractivity contribution in [2.24, 2.45) is 5.84 Å². The van der Waals surface area contributed by atoms with Gasteiger partial charge in [-0.25, -0.2) is 5.84 Å². The summed E-state index contributed by atoms with van der Waals surface area (Å²) in [7, 11) is -1.58. The Kier molecular flexibility index (Phi) is 3.05. The molecule has 0 aliphatic carbocycles. The Labute approximate surface area is 113 Å². The van der Waals surface area contributed by atoms with Crippen LogP contribution in [0.5, 0.6) is 0 Å². The third-order valence-electron chi connectivity index (χ3n) is 3.60. The molecule has 1 amide bonds. The third kappa shape index (κ3) is 1.49. The lowest BCUT2D eigenvalue weighted by Crippen LogP contribution is -2.76. The van der Waals surface area contributed by atoms with E-state index in [1.807, 2.05) is 0 Å². The number of hydrogen-bond acceptors (Lipinski definition) is 4. The molecule has 100 valence electrons. The van der Waals surface area contributed by atoms with Gasteiger partial charge in [0.2, 0.25) is 0 Å². The number of hydrogen-bond donors (Lipinski definition) is 2. The van der Waals surface area contributed by atoms with Crippen molar-refractivity contribution in [3.05, 3.63) is 22.8 Å². The van der Waals surface area contributed by atoms with Crippen molar-refractivity contribution >= 4 is 25.7 Å². The quantitative estimate of drug-likeness (QED) is 0.354. The predicted molar refractivity (Wildman–Crippen MR) is 77.4 cm³/mol. The summed E-state index contributed by atoms with van der Waals surface area (Å²) < 4.78 is 0.415. The number of carbonyl (C=O) groups excluding carboxylic acids is 1. The monoisotopic (exact) mass is 284 g/mol. The highest BCUT2D eigenvalue weighted by molar-refractivity contribution is 8.07. The molecule has 3 N–H and O–H groups in total. The van der Waals surface area contributed by atoms with Crippen LogP contribution in [-0.2, 0) is 4.79 Å². The van der Waals surface area contributed by atoms with Crippen LogP contribution in [0.15, 0.2) is 22.8 Å². The van der Waals surface area contributed by atoms with Gasteiger partial charge in [0.15, 0.2) is 4.75 Å². The lowest BCUT2D eigenvalue weighted by Gasteiger charge is -2.51. The summed E-state index contributed by atoms with van der Waals surface area (Å²) >= 11 is 1.52. The second-order valence-electron chi connectivity index (χ2n) is 5.92. The second kappa shape index (κ2) is 3.96.